The number of amides is 2. The van der Waals surface area contributed by atoms with Crippen molar-refractivity contribution in [2.24, 2.45) is 0 Å². The Morgan fingerprint density at radius 3 is 1.41 bits per heavy atom. The smallest absolute Gasteiger partial charge is 0.350 e. The average Bonchev–Trinajstić information content (AvgIpc) is 2.13. The molecule has 0 radical (unpaired) electrons. The van der Waals surface area contributed by atoms with Gasteiger partial charge in [-0.25, -0.2) is 0 Å². The van der Waals surface area contributed by atoms with Gasteiger partial charge in [0.15, 0.2) is 0 Å². The van der Waals surface area contributed by atoms with Gasteiger partial charge in [0, 0.05) is 13.1 Å². The second kappa shape index (κ2) is 6.25. The van der Waals surface area contributed by atoms with Gasteiger partial charge < -0.3 is 10.6 Å². The molecule has 0 unspecified atom stereocenters. The standard InChI is InChI=1S/C7H8Cl2F4N2O2/c8-6(10,11)4(16)14-2-1-3-15-5(17)7(9,12)13/h1-3H2,(H,14,16)(H,15,17). The molecule has 0 aromatic carbocycles. The number of hydrogen-bond donors (Lipinski definition) is 2. The maximum absolute atomic E-state index is 12.1. The minimum absolute atomic E-state index is 0.0303. The Hall–Kier alpha value is -0.760. The molecule has 0 rings (SSSR count). The summed E-state index contributed by atoms with van der Waals surface area (Å²) in [6.07, 6.45) is -0.0303. The zero-order chi connectivity index (χ0) is 13.7. The van der Waals surface area contributed by atoms with Crippen molar-refractivity contribution in [1.82, 2.24) is 10.6 Å². The molecule has 0 aliphatic carbocycles. The largest absolute Gasteiger partial charge is 0.399 e. The number of nitrogens with one attached hydrogen (secondary N) is 2. The van der Waals surface area contributed by atoms with Gasteiger partial charge in [0.05, 0.1) is 0 Å². The molecule has 0 heterocycles. The molecule has 100 valence electrons. The lowest BCUT2D eigenvalue weighted by Crippen LogP contribution is -2.39. The average molecular weight is 299 g/mol. The molecule has 10 heteroatoms. The second-order valence-electron chi connectivity index (χ2n) is 2.86. The van der Waals surface area contributed by atoms with Crippen molar-refractivity contribution in [3.63, 3.8) is 0 Å². The van der Waals surface area contributed by atoms with Gasteiger partial charge in [-0.2, -0.15) is 17.6 Å². The van der Waals surface area contributed by atoms with Crippen molar-refractivity contribution in [2.45, 2.75) is 17.2 Å². The Kier molecular flexibility index (Phi) is 5.97. The van der Waals surface area contributed by atoms with E-state index in [2.05, 4.69) is 23.2 Å². The van der Waals surface area contributed by atoms with Crippen LogP contribution in [0.5, 0.6) is 0 Å². The number of hydrogen-bond acceptors (Lipinski definition) is 2. The normalized spacial score (nSPS) is 12.1. The molecule has 0 aliphatic rings. The molecular weight excluding hydrogens is 291 g/mol. The highest BCUT2D eigenvalue weighted by atomic mass is 35.5. The van der Waals surface area contributed by atoms with Crippen LogP contribution in [-0.2, 0) is 9.59 Å². The zero-order valence-electron chi connectivity index (χ0n) is 8.21. The Morgan fingerprint density at radius 2 is 1.18 bits per heavy atom. The molecule has 17 heavy (non-hydrogen) atoms. The summed E-state index contributed by atoms with van der Waals surface area (Å²) < 4.78 is 48.3. The Labute approximate surface area is 104 Å². The van der Waals surface area contributed by atoms with E-state index in [4.69, 9.17) is 0 Å². The van der Waals surface area contributed by atoms with E-state index >= 15 is 0 Å². The van der Waals surface area contributed by atoms with E-state index in [-0.39, 0.29) is 19.5 Å². The molecule has 4 nitrogen and oxygen atoms in total. The van der Waals surface area contributed by atoms with E-state index in [1.54, 1.807) is 10.6 Å². The fourth-order valence-corrected chi connectivity index (χ4v) is 0.826. The van der Waals surface area contributed by atoms with Crippen LogP contribution in [0.15, 0.2) is 0 Å². The molecule has 0 atom stereocenters. The SMILES string of the molecule is O=C(NCCCNC(=O)C(F)(F)Cl)C(F)(F)Cl. The van der Waals surface area contributed by atoms with Crippen molar-refractivity contribution in [1.29, 1.82) is 0 Å². The number of carbonyl (C=O) groups is 2. The first-order valence-electron chi connectivity index (χ1n) is 4.25. The van der Waals surface area contributed by atoms with Crippen molar-refractivity contribution < 1.29 is 27.2 Å². The number of halogens is 6. The van der Waals surface area contributed by atoms with Gasteiger partial charge in [0.25, 0.3) is 0 Å². The number of rotatable bonds is 6. The van der Waals surface area contributed by atoms with Crippen molar-refractivity contribution in [3.05, 3.63) is 0 Å². The monoisotopic (exact) mass is 298 g/mol. The highest BCUT2D eigenvalue weighted by Gasteiger charge is 2.36. The highest BCUT2D eigenvalue weighted by Crippen LogP contribution is 2.18. The molecule has 0 spiro atoms. The van der Waals surface area contributed by atoms with Gasteiger partial charge in [0.2, 0.25) is 0 Å². The topological polar surface area (TPSA) is 58.2 Å². The quantitative estimate of drug-likeness (QED) is 0.441. The van der Waals surface area contributed by atoms with E-state index in [0.717, 1.165) is 0 Å². The van der Waals surface area contributed by atoms with Crippen LogP contribution in [0.25, 0.3) is 0 Å². The summed E-state index contributed by atoms with van der Waals surface area (Å²) in [5.74, 6) is -3.40. The summed E-state index contributed by atoms with van der Waals surface area (Å²) >= 11 is 8.75. The summed E-state index contributed by atoms with van der Waals surface area (Å²) in [5.41, 5.74) is 0. The first-order valence-corrected chi connectivity index (χ1v) is 5.01. The second-order valence-corrected chi connectivity index (χ2v) is 3.81. The van der Waals surface area contributed by atoms with Crippen LogP contribution in [0, 0.1) is 0 Å². The minimum atomic E-state index is -4.02. The van der Waals surface area contributed by atoms with Gasteiger partial charge in [-0.3, -0.25) is 9.59 Å². The van der Waals surface area contributed by atoms with E-state index in [0.29, 0.717) is 0 Å². The van der Waals surface area contributed by atoms with Gasteiger partial charge in [-0.05, 0) is 29.6 Å². The van der Waals surface area contributed by atoms with Gasteiger partial charge in [-0.1, -0.05) is 0 Å². The third-order valence-corrected chi connectivity index (χ3v) is 1.78. The van der Waals surface area contributed by atoms with E-state index < -0.39 is 22.6 Å². The molecule has 0 aromatic heterocycles. The predicted octanol–water partition coefficient (Wildman–Crippen LogP) is 1.27. The molecule has 0 fully saturated rings. The first-order chi connectivity index (χ1) is 7.55. The van der Waals surface area contributed by atoms with Crippen LogP contribution in [0.4, 0.5) is 17.6 Å². The predicted molar refractivity (Wildman–Crippen MR) is 52.2 cm³/mol. The first kappa shape index (κ1) is 16.2. The lowest BCUT2D eigenvalue weighted by atomic mass is 10.4. The van der Waals surface area contributed by atoms with Gasteiger partial charge in [0.1, 0.15) is 0 Å². The van der Waals surface area contributed by atoms with Crippen molar-refractivity contribution in [2.75, 3.05) is 13.1 Å². The van der Waals surface area contributed by atoms with Crippen LogP contribution < -0.4 is 10.6 Å². The lowest BCUT2D eigenvalue weighted by Gasteiger charge is -2.10. The van der Waals surface area contributed by atoms with Gasteiger partial charge in [-0.15, -0.1) is 0 Å². The molecule has 0 aliphatic heterocycles. The molecule has 0 saturated carbocycles. The third-order valence-electron chi connectivity index (χ3n) is 1.44. The molecular formula is C7H8Cl2F4N2O2. The third kappa shape index (κ3) is 7.22. The number of alkyl halides is 6. The zero-order valence-corrected chi connectivity index (χ0v) is 9.72. The maximum Gasteiger partial charge on any atom is 0.399 e. The Bertz CT molecular complexity index is 263. The fourth-order valence-electron chi connectivity index (χ4n) is 0.693. The van der Waals surface area contributed by atoms with Crippen LogP contribution >= 0.6 is 23.2 Å². The van der Waals surface area contributed by atoms with Crippen molar-refractivity contribution >= 4 is 35.0 Å². The van der Waals surface area contributed by atoms with Crippen LogP contribution in [-0.4, -0.2) is 35.7 Å². The maximum atomic E-state index is 12.1. The van der Waals surface area contributed by atoms with Crippen molar-refractivity contribution in [3.8, 4) is 0 Å². The van der Waals surface area contributed by atoms with Crippen LogP contribution in [0.3, 0.4) is 0 Å². The molecule has 2 amide bonds. The van der Waals surface area contributed by atoms with E-state index in [1.165, 1.54) is 0 Å². The molecule has 2 N–H and O–H groups in total. The summed E-state index contributed by atoms with van der Waals surface area (Å²) in [7, 11) is 0. The Balaban J connectivity index is 3.68. The van der Waals surface area contributed by atoms with E-state index in [9.17, 15) is 27.2 Å². The van der Waals surface area contributed by atoms with E-state index in [1.807, 2.05) is 0 Å². The lowest BCUT2D eigenvalue weighted by molar-refractivity contribution is -0.135. The molecule has 0 aromatic rings. The summed E-state index contributed by atoms with van der Waals surface area (Å²) in [6.45, 7) is -0.509. The van der Waals surface area contributed by atoms with Crippen LogP contribution in [0.1, 0.15) is 6.42 Å². The highest BCUT2D eigenvalue weighted by molar-refractivity contribution is 6.32. The van der Waals surface area contributed by atoms with Crippen LogP contribution in [0.2, 0.25) is 0 Å². The fraction of sp³-hybridized carbons (Fsp3) is 0.714. The number of carbonyl (C=O) groups excluding carboxylic acids is 2. The summed E-state index contributed by atoms with van der Waals surface area (Å²) in [6, 6.07) is 0. The summed E-state index contributed by atoms with van der Waals surface area (Å²) in [5, 5.41) is -4.56. The summed E-state index contributed by atoms with van der Waals surface area (Å²) in [4.78, 5) is 21.0. The molecule has 0 saturated heterocycles. The minimum Gasteiger partial charge on any atom is -0.350 e. The molecule has 0 bridgehead atoms. The van der Waals surface area contributed by atoms with Gasteiger partial charge >= 0.3 is 22.6 Å². The Morgan fingerprint density at radius 1 is 0.882 bits per heavy atom.